The minimum atomic E-state index is -3.69. The van der Waals surface area contributed by atoms with Gasteiger partial charge in [-0.15, -0.1) is 0 Å². The van der Waals surface area contributed by atoms with E-state index < -0.39 is 10.0 Å². The van der Waals surface area contributed by atoms with Crippen LogP contribution in [-0.4, -0.2) is 75.8 Å². The Morgan fingerprint density at radius 2 is 1.87 bits per heavy atom. The summed E-state index contributed by atoms with van der Waals surface area (Å²) in [6, 6.07) is 4.41. The van der Waals surface area contributed by atoms with E-state index >= 15 is 0 Å². The maximum atomic E-state index is 12.7. The Kier molecular flexibility index (Phi) is 5.67. The lowest BCUT2D eigenvalue weighted by atomic mass is 10.2. The highest BCUT2D eigenvalue weighted by Crippen LogP contribution is 2.25. The molecular formula is C15H22ClN3O3S. The fraction of sp³-hybridized carbons (Fsp3) is 0.533. The second-order valence-corrected chi connectivity index (χ2v) is 8.41. The zero-order valence-electron chi connectivity index (χ0n) is 13.6. The smallest absolute Gasteiger partial charge is 0.253 e. The number of hydrogen-bond donors (Lipinski definition) is 0. The molecule has 1 aromatic rings. The van der Waals surface area contributed by atoms with Crippen LogP contribution in [0.1, 0.15) is 16.8 Å². The molecule has 2 rings (SSSR count). The minimum Gasteiger partial charge on any atom is -0.337 e. The lowest BCUT2D eigenvalue weighted by Crippen LogP contribution is -2.34. The molecule has 0 bridgehead atoms. The maximum absolute atomic E-state index is 12.7. The van der Waals surface area contributed by atoms with Crippen molar-refractivity contribution < 1.29 is 13.2 Å². The van der Waals surface area contributed by atoms with Gasteiger partial charge in [-0.1, -0.05) is 11.6 Å². The number of sulfonamides is 1. The van der Waals surface area contributed by atoms with E-state index in [4.69, 9.17) is 11.6 Å². The monoisotopic (exact) mass is 359 g/mol. The SMILES string of the molecule is CN1CCCN(C(=O)c2ccc(Cl)c(S(=O)(=O)N(C)C)c2)CC1. The molecule has 8 heteroatoms. The van der Waals surface area contributed by atoms with E-state index in [1.807, 2.05) is 7.05 Å². The number of halogens is 1. The van der Waals surface area contributed by atoms with E-state index in [0.717, 1.165) is 23.8 Å². The first-order valence-electron chi connectivity index (χ1n) is 7.43. The molecule has 1 heterocycles. The molecule has 0 aliphatic carbocycles. The van der Waals surface area contributed by atoms with Crippen LogP contribution >= 0.6 is 11.6 Å². The number of hydrogen-bond acceptors (Lipinski definition) is 4. The molecule has 1 aromatic carbocycles. The summed E-state index contributed by atoms with van der Waals surface area (Å²) < 4.78 is 25.7. The quantitative estimate of drug-likeness (QED) is 0.817. The number of benzene rings is 1. The van der Waals surface area contributed by atoms with E-state index in [1.165, 1.54) is 26.2 Å². The molecule has 0 spiro atoms. The van der Waals surface area contributed by atoms with Gasteiger partial charge in [-0.3, -0.25) is 4.79 Å². The third-order valence-corrected chi connectivity index (χ3v) is 6.24. The molecule has 1 aliphatic rings. The largest absolute Gasteiger partial charge is 0.337 e. The summed E-state index contributed by atoms with van der Waals surface area (Å²) >= 11 is 6.02. The van der Waals surface area contributed by atoms with Crippen LogP contribution < -0.4 is 0 Å². The fourth-order valence-electron chi connectivity index (χ4n) is 2.46. The van der Waals surface area contributed by atoms with Gasteiger partial charge in [0.15, 0.2) is 0 Å². The lowest BCUT2D eigenvalue weighted by molar-refractivity contribution is 0.0762. The lowest BCUT2D eigenvalue weighted by Gasteiger charge is -2.21. The number of likely N-dealkylation sites (N-methyl/N-ethyl adjacent to an activating group) is 1. The first-order chi connectivity index (χ1) is 10.7. The molecule has 0 saturated carbocycles. The molecule has 0 unspecified atom stereocenters. The van der Waals surface area contributed by atoms with Gasteiger partial charge in [-0.05, 0) is 38.2 Å². The van der Waals surface area contributed by atoms with E-state index in [9.17, 15) is 13.2 Å². The van der Waals surface area contributed by atoms with Crippen LogP contribution in [0.15, 0.2) is 23.1 Å². The van der Waals surface area contributed by atoms with E-state index in [0.29, 0.717) is 18.7 Å². The normalized spacial score (nSPS) is 17.3. The molecule has 0 atom stereocenters. The summed E-state index contributed by atoms with van der Waals surface area (Å²) in [6.45, 7) is 3.06. The Labute approximate surface area is 142 Å². The van der Waals surface area contributed by atoms with Gasteiger partial charge in [0.1, 0.15) is 4.90 Å². The number of carbonyl (C=O) groups excluding carboxylic acids is 1. The van der Waals surface area contributed by atoms with Gasteiger partial charge >= 0.3 is 0 Å². The molecule has 1 saturated heterocycles. The first kappa shape index (κ1) is 18.2. The predicted octanol–water partition coefficient (Wildman–Crippen LogP) is 1.37. The van der Waals surface area contributed by atoms with E-state index in [1.54, 1.807) is 11.0 Å². The highest BCUT2D eigenvalue weighted by atomic mass is 35.5. The molecule has 23 heavy (non-hydrogen) atoms. The highest BCUT2D eigenvalue weighted by molar-refractivity contribution is 7.89. The molecule has 6 nitrogen and oxygen atoms in total. The topological polar surface area (TPSA) is 60.9 Å². The minimum absolute atomic E-state index is 0.0399. The second-order valence-electron chi connectivity index (χ2n) is 5.88. The molecule has 1 fully saturated rings. The van der Waals surface area contributed by atoms with Crippen LogP contribution in [0, 0.1) is 0 Å². The summed E-state index contributed by atoms with van der Waals surface area (Å²) in [7, 11) is 1.21. The van der Waals surface area contributed by atoms with Crippen LogP contribution in [0.25, 0.3) is 0 Å². The molecule has 1 aliphatic heterocycles. The third-order valence-electron chi connectivity index (χ3n) is 3.94. The molecule has 0 aromatic heterocycles. The van der Waals surface area contributed by atoms with Crippen LogP contribution in [0.5, 0.6) is 0 Å². The number of rotatable bonds is 3. The van der Waals surface area contributed by atoms with Crippen LogP contribution in [0.3, 0.4) is 0 Å². The predicted molar refractivity (Wildman–Crippen MR) is 90.3 cm³/mol. The van der Waals surface area contributed by atoms with Crippen molar-refractivity contribution in [3.8, 4) is 0 Å². The highest BCUT2D eigenvalue weighted by Gasteiger charge is 2.24. The van der Waals surface area contributed by atoms with E-state index in [2.05, 4.69) is 4.90 Å². The fourth-order valence-corrected chi connectivity index (χ4v) is 3.86. The van der Waals surface area contributed by atoms with Crippen molar-refractivity contribution in [2.75, 3.05) is 47.3 Å². The van der Waals surface area contributed by atoms with Crippen LogP contribution in [0.2, 0.25) is 5.02 Å². The van der Waals surface area contributed by atoms with Gasteiger partial charge in [0, 0.05) is 39.3 Å². The summed E-state index contributed by atoms with van der Waals surface area (Å²) in [5.74, 6) is -0.160. The van der Waals surface area contributed by atoms with Crippen molar-refractivity contribution >= 4 is 27.5 Å². The van der Waals surface area contributed by atoms with Crippen molar-refractivity contribution in [3.05, 3.63) is 28.8 Å². The van der Waals surface area contributed by atoms with Crippen molar-refractivity contribution in [3.63, 3.8) is 0 Å². The molecule has 0 radical (unpaired) electrons. The summed E-state index contributed by atoms with van der Waals surface area (Å²) in [5.41, 5.74) is 0.347. The third kappa shape index (κ3) is 4.03. The van der Waals surface area contributed by atoms with Gasteiger partial charge in [0.25, 0.3) is 5.91 Å². The number of amides is 1. The van der Waals surface area contributed by atoms with Crippen molar-refractivity contribution in [2.24, 2.45) is 0 Å². The van der Waals surface area contributed by atoms with Crippen LogP contribution in [0.4, 0.5) is 0 Å². The molecule has 0 N–H and O–H groups in total. The van der Waals surface area contributed by atoms with Gasteiger partial charge in [0.2, 0.25) is 10.0 Å². The first-order valence-corrected chi connectivity index (χ1v) is 9.25. The van der Waals surface area contributed by atoms with Crippen molar-refractivity contribution in [1.82, 2.24) is 14.1 Å². The summed E-state index contributed by atoms with van der Waals surface area (Å²) in [4.78, 5) is 16.6. The standard InChI is InChI=1S/C15H22ClN3O3S/c1-17(2)23(21,22)14-11-12(5-6-13(14)16)15(20)19-8-4-7-18(3)9-10-19/h5-6,11H,4,7-10H2,1-3H3. The van der Waals surface area contributed by atoms with E-state index in [-0.39, 0.29) is 15.8 Å². The Morgan fingerprint density at radius 1 is 1.17 bits per heavy atom. The Hall–Kier alpha value is -1.15. The van der Waals surface area contributed by atoms with Gasteiger partial charge in [-0.25, -0.2) is 12.7 Å². The van der Waals surface area contributed by atoms with Crippen molar-refractivity contribution in [2.45, 2.75) is 11.3 Å². The zero-order chi connectivity index (χ0) is 17.2. The maximum Gasteiger partial charge on any atom is 0.253 e. The van der Waals surface area contributed by atoms with Crippen LogP contribution in [-0.2, 0) is 10.0 Å². The van der Waals surface area contributed by atoms with Gasteiger partial charge in [0.05, 0.1) is 5.02 Å². The average molecular weight is 360 g/mol. The van der Waals surface area contributed by atoms with Gasteiger partial charge < -0.3 is 9.80 Å². The number of nitrogens with zero attached hydrogens (tertiary/aromatic N) is 3. The molecular weight excluding hydrogens is 338 g/mol. The summed E-state index contributed by atoms with van der Waals surface area (Å²) in [6.07, 6.45) is 0.901. The Morgan fingerprint density at radius 3 is 2.52 bits per heavy atom. The number of carbonyl (C=O) groups is 1. The second kappa shape index (κ2) is 7.17. The summed E-state index contributed by atoms with van der Waals surface area (Å²) in [5, 5.41) is 0.117. The molecule has 1 amide bonds. The average Bonchev–Trinajstić information content (AvgIpc) is 2.71. The molecule has 128 valence electrons. The van der Waals surface area contributed by atoms with Crippen molar-refractivity contribution in [1.29, 1.82) is 0 Å². The Bertz CT molecular complexity index is 691. The van der Waals surface area contributed by atoms with Gasteiger partial charge in [-0.2, -0.15) is 0 Å². The Balaban J connectivity index is 2.32. The zero-order valence-corrected chi connectivity index (χ0v) is 15.2.